The third-order valence-electron chi connectivity index (χ3n) is 4.60. The van der Waals surface area contributed by atoms with Crippen LogP contribution >= 0.6 is 0 Å². The van der Waals surface area contributed by atoms with Gasteiger partial charge >= 0.3 is 6.18 Å². The standard InChI is InChI=1S/C17H16F3N5O/c1-26-12-4-2-10(3-5-12)11-6-7-25(8-11)15-13-14(22-9-21-13)23-16(24-15)17(18,19)20/h2-5,9,11H,6-8H2,1H3,(H,21,22,23,24). The molecule has 1 aliphatic rings. The van der Waals surface area contributed by atoms with Gasteiger partial charge in [0.2, 0.25) is 5.82 Å². The van der Waals surface area contributed by atoms with Crippen LogP contribution in [0.4, 0.5) is 19.0 Å². The second-order valence-electron chi connectivity index (χ2n) is 6.17. The molecule has 26 heavy (non-hydrogen) atoms. The molecule has 1 unspecified atom stereocenters. The molecule has 3 aromatic rings. The molecule has 4 rings (SSSR count). The highest BCUT2D eigenvalue weighted by atomic mass is 19.4. The Morgan fingerprint density at radius 3 is 2.65 bits per heavy atom. The molecule has 3 heterocycles. The summed E-state index contributed by atoms with van der Waals surface area (Å²) in [4.78, 5) is 15.9. The SMILES string of the molecule is COc1ccc(C2CCN(c3nc(C(F)(F)F)nc4nc[nH]c34)C2)cc1. The number of benzene rings is 1. The lowest BCUT2D eigenvalue weighted by molar-refractivity contribution is -0.144. The number of nitrogens with zero attached hydrogens (tertiary/aromatic N) is 4. The second kappa shape index (κ2) is 6.15. The number of imidazole rings is 1. The molecule has 9 heteroatoms. The van der Waals surface area contributed by atoms with Gasteiger partial charge in [-0.3, -0.25) is 0 Å². The predicted molar refractivity (Wildman–Crippen MR) is 89.3 cm³/mol. The summed E-state index contributed by atoms with van der Waals surface area (Å²) in [5.41, 5.74) is 1.57. The fourth-order valence-corrected chi connectivity index (χ4v) is 3.27. The molecule has 136 valence electrons. The molecule has 0 aliphatic carbocycles. The molecule has 0 saturated carbocycles. The number of aromatic amines is 1. The summed E-state index contributed by atoms with van der Waals surface area (Å²) in [5.74, 6) is 0.0624. The average molecular weight is 363 g/mol. The summed E-state index contributed by atoms with van der Waals surface area (Å²) in [6, 6.07) is 7.74. The average Bonchev–Trinajstić information content (AvgIpc) is 3.29. The number of methoxy groups -OCH3 is 1. The second-order valence-corrected chi connectivity index (χ2v) is 6.17. The van der Waals surface area contributed by atoms with Crippen molar-refractivity contribution in [3.63, 3.8) is 0 Å². The van der Waals surface area contributed by atoms with Crippen LogP contribution in [0.3, 0.4) is 0 Å². The summed E-state index contributed by atoms with van der Waals surface area (Å²) >= 11 is 0. The van der Waals surface area contributed by atoms with Crippen molar-refractivity contribution in [1.29, 1.82) is 0 Å². The van der Waals surface area contributed by atoms with E-state index in [0.29, 0.717) is 18.6 Å². The van der Waals surface area contributed by atoms with Crippen molar-refractivity contribution >= 4 is 17.0 Å². The molecule has 1 N–H and O–H groups in total. The van der Waals surface area contributed by atoms with Crippen molar-refractivity contribution in [2.24, 2.45) is 0 Å². The van der Waals surface area contributed by atoms with Crippen LogP contribution in [0.1, 0.15) is 23.7 Å². The minimum atomic E-state index is -4.61. The first-order valence-electron chi connectivity index (χ1n) is 8.13. The van der Waals surface area contributed by atoms with E-state index in [9.17, 15) is 13.2 Å². The van der Waals surface area contributed by atoms with E-state index in [1.807, 2.05) is 29.2 Å². The van der Waals surface area contributed by atoms with Crippen LogP contribution in [0.5, 0.6) is 5.75 Å². The van der Waals surface area contributed by atoms with E-state index in [4.69, 9.17) is 4.74 Å². The molecule has 0 radical (unpaired) electrons. The van der Waals surface area contributed by atoms with E-state index in [-0.39, 0.29) is 17.4 Å². The molecule has 0 spiro atoms. The topological polar surface area (TPSA) is 66.9 Å². The van der Waals surface area contributed by atoms with Crippen molar-refractivity contribution in [3.8, 4) is 5.75 Å². The summed E-state index contributed by atoms with van der Waals surface area (Å²) in [5, 5.41) is 0. The maximum absolute atomic E-state index is 13.1. The summed E-state index contributed by atoms with van der Waals surface area (Å²) in [6.45, 7) is 1.19. The molecule has 1 saturated heterocycles. The molecular formula is C17H16F3N5O. The van der Waals surface area contributed by atoms with Gasteiger partial charge in [-0.1, -0.05) is 12.1 Å². The zero-order valence-corrected chi connectivity index (χ0v) is 13.9. The number of alkyl halides is 3. The molecule has 6 nitrogen and oxygen atoms in total. The highest BCUT2D eigenvalue weighted by molar-refractivity contribution is 5.83. The Bertz CT molecular complexity index is 922. The van der Waals surface area contributed by atoms with Gasteiger partial charge in [-0.2, -0.15) is 13.2 Å². The Kier molecular flexibility index (Phi) is 3.93. The van der Waals surface area contributed by atoms with E-state index >= 15 is 0 Å². The van der Waals surface area contributed by atoms with Crippen LogP contribution in [-0.4, -0.2) is 40.1 Å². The van der Waals surface area contributed by atoms with Gasteiger partial charge < -0.3 is 14.6 Å². The predicted octanol–water partition coefficient (Wildman–Crippen LogP) is 3.37. The number of fused-ring (bicyclic) bond motifs is 1. The zero-order valence-electron chi connectivity index (χ0n) is 13.9. The number of halogens is 3. The van der Waals surface area contributed by atoms with Crippen molar-refractivity contribution in [2.45, 2.75) is 18.5 Å². The van der Waals surface area contributed by atoms with Crippen molar-refractivity contribution < 1.29 is 17.9 Å². The minimum Gasteiger partial charge on any atom is -0.497 e. The number of nitrogens with one attached hydrogen (secondary N) is 1. The maximum atomic E-state index is 13.1. The third-order valence-corrected chi connectivity index (χ3v) is 4.60. The molecule has 1 fully saturated rings. The monoisotopic (exact) mass is 363 g/mol. The van der Waals surface area contributed by atoms with E-state index < -0.39 is 12.0 Å². The first kappa shape index (κ1) is 16.6. The number of ether oxygens (including phenoxy) is 1. The highest BCUT2D eigenvalue weighted by Crippen LogP contribution is 2.35. The lowest BCUT2D eigenvalue weighted by atomic mass is 9.98. The minimum absolute atomic E-state index is 0.0234. The molecule has 0 bridgehead atoms. The van der Waals surface area contributed by atoms with Gasteiger partial charge in [0, 0.05) is 19.0 Å². The normalized spacial score (nSPS) is 17.8. The van der Waals surface area contributed by atoms with Gasteiger partial charge in [-0.15, -0.1) is 0 Å². The Morgan fingerprint density at radius 2 is 1.96 bits per heavy atom. The number of hydrogen-bond donors (Lipinski definition) is 1. The van der Waals surface area contributed by atoms with Crippen LogP contribution in [0.25, 0.3) is 11.2 Å². The van der Waals surface area contributed by atoms with Crippen LogP contribution in [0.2, 0.25) is 0 Å². The first-order chi connectivity index (χ1) is 12.5. The largest absolute Gasteiger partial charge is 0.497 e. The van der Waals surface area contributed by atoms with Crippen LogP contribution in [0.15, 0.2) is 30.6 Å². The van der Waals surface area contributed by atoms with Gasteiger partial charge in [0.25, 0.3) is 0 Å². The highest BCUT2D eigenvalue weighted by Gasteiger charge is 2.37. The van der Waals surface area contributed by atoms with E-state index in [0.717, 1.165) is 17.7 Å². The van der Waals surface area contributed by atoms with Crippen LogP contribution in [0, 0.1) is 0 Å². The number of anilines is 1. The van der Waals surface area contributed by atoms with Crippen LogP contribution in [-0.2, 0) is 6.18 Å². The number of H-pyrrole nitrogens is 1. The lowest BCUT2D eigenvalue weighted by Crippen LogP contribution is -2.23. The Morgan fingerprint density at radius 1 is 1.19 bits per heavy atom. The van der Waals surface area contributed by atoms with Crippen LogP contribution < -0.4 is 9.64 Å². The lowest BCUT2D eigenvalue weighted by Gasteiger charge is -2.19. The third kappa shape index (κ3) is 2.93. The van der Waals surface area contributed by atoms with E-state index in [1.165, 1.54) is 6.33 Å². The fourth-order valence-electron chi connectivity index (χ4n) is 3.27. The quantitative estimate of drug-likeness (QED) is 0.773. The van der Waals surface area contributed by atoms with Crippen molar-refractivity contribution in [3.05, 3.63) is 42.0 Å². The van der Waals surface area contributed by atoms with Crippen molar-refractivity contribution in [2.75, 3.05) is 25.1 Å². The molecule has 0 amide bonds. The molecule has 1 atom stereocenters. The van der Waals surface area contributed by atoms with Gasteiger partial charge in [-0.25, -0.2) is 15.0 Å². The summed E-state index contributed by atoms with van der Waals surface area (Å²) < 4.78 is 44.5. The number of rotatable bonds is 3. The van der Waals surface area contributed by atoms with Gasteiger partial charge in [-0.05, 0) is 24.1 Å². The van der Waals surface area contributed by atoms with Gasteiger partial charge in [0.1, 0.15) is 11.3 Å². The first-order valence-corrected chi connectivity index (χ1v) is 8.13. The zero-order chi connectivity index (χ0) is 18.3. The Hall–Kier alpha value is -2.84. The molecular weight excluding hydrogens is 347 g/mol. The van der Waals surface area contributed by atoms with Crippen molar-refractivity contribution in [1.82, 2.24) is 19.9 Å². The number of hydrogen-bond acceptors (Lipinski definition) is 5. The maximum Gasteiger partial charge on any atom is 0.451 e. The molecule has 2 aromatic heterocycles. The summed E-state index contributed by atoms with van der Waals surface area (Å²) in [7, 11) is 1.61. The molecule has 1 aliphatic heterocycles. The number of aromatic nitrogens is 4. The molecule has 1 aromatic carbocycles. The van der Waals surface area contributed by atoms with E-state index in [2.05, 4.69) is 19.9 Å². The Balaban J connectivity index is 1.65. The van der Waals surface area contributed by atoms with E-state index in [1.54, 1.807) is 7.11 Å². The Labute approximate surface area is 147 Å². The van der Waals surface area contributed by atoms with Gasteiger partial charge in [0.05, 0.1) is 13.4 Å². The van der Waals surface area contributed by atoms with Gasteiger partial charge in [0.15, 0.2) is 11.5 Å². The smallest absolute Gasteiger partial charge is 0.451 e. The summed E-state index contributed by atoms with van der Waals surface area (Å²) in [6.07, 6.45) is -2.45. The fraction of sp³-hybridized carbons (Fsp3) is 0.353.